The molecule has 0 aliphatic heterocycles. The van der Waals surface area contributed by atoms with Gasteiger partial charge in [0.05, 0.1) is 6.42 Å². The monoisotopic (exact) mass is 898 g/mol. The SMILES string of the molecule is CC(=O)N[C@@H](CCC(=O)O)C(=O)N[C@@H](CC(=O)O)C(=O)N[C@@H](Cc1ccc(O)cc1)C(=O)N[C@@H](Cc1ccc(O)cc1)C(=O)N[C@@H](CCCNC(=N)N)C(=O)N[C@@H](CC(C)C)C(N)=O. The van der Waals surface area contributed by atoms with Crippen molar-refractivity contribution in [2.24, 2.45) is 17.4 Å². The van der Waals surface area contributed by atoms with Crippen LogP contribution in [0.4, 0.5) is 0 Å². The highest BCUT2D eigenvalue weighted by Gasteiger charge is 2.34. The van der Waals surface area contributed by atoms with Gasteiger partial charge >= 0.3 is 11.9 Å². The first-order chi connectivity index (χ1) is 30.0. The van der Waals surface area contributed by atoms with E-state index in [1.165, 1.54) is 48.5 Å². The molecule has 6 atom stereocenters. The molecule has 0 saturated carbocycles. The smallest absolute Gasteiger partial charge is 0.305 e. The van der Waals surface area contributed by atoms with Gasteiger partial charge in [-0.05, 0) is 67.0 Å². The Morgan fingerprint density at radius 3 is 1.39 bits per heavy atom. The number of rotatable bonds is 27. The lowest BCUT2D eigenvalue weighted by molar-refractivity contribution is -0.141. The third-order valence-corrected chi connectivity index (χ3v) is 9.36. The molecule has 0 aromatic heterocycles. The molecule has 0 aliphatic carbocycles. The van der Waals surface area contributed by atoms with Gasteiger partial charge in [-0.3, -0.25) is 48.6 Å². The Morgan fingerprint density at radius 2 is 0.984 bits per heavy atom. The van der Waals surface area contributed by atoms with E-state index in [2.05, 4.69) is 37.2 Å². The predicted molar refractivity (Wildman–Crippen MR) is 228 cm³/mol. The van der Waals surface area contributed by atoms with Gasteiger partial charge in [-0.2, -0.15) is 0 Å². The number of primary amides is 1. The van der Waals surface area contributed by atoms with Crippen LogP contribution in [0.25, 0.3) is 0 Å². The zero-order valence-corrected chi connectivity index (χ0v) is 35.6. The normalized spacial score (nSPS) is 13.6. The molecule has 2 aromatic carbocycles. The highest BCUT2D eigenvalue weighted by atomic mass is 16.4. The standard InChI is InChI=1S/C41H58N10O13/c1-21(2)17-29(35(42)59)48-36(60)27(5-4-16-45-41(43)44)47-38(62)30(18-23-6-10-25(53)11-7-23)49-39(63)31(19-24-8-12-26(54)13-9-24)50-40(64)32(20-34(57)58)51-37(61)28(46-22(3)52)14-15-33(55)56/h6-13,21,27-32,53-54H,4-5,14-20H2,1-3H3,(H2,42,59)(H,46,52)(H,47,62)(H,48,60)(H,49,63)(H,50,64)(H,51,61)(H,55,56)(H,57,58)(H4,43,44,45)/t27-,28-,29-,30-,31-,32-/m0/s1. The number of aliphatic carboxylic acids is 2. The second kappa shape index (κ2) is 26.1. The zero-order chi connectivity index (χ0) is 48.1. The Kier molecular flexibility index (Phi) is 21.5. The molecule has 7 amide bonds. The van der Waals surface area contributed by atoms with Crippen LogP contribution in [0.3, 0.4) is 0 Å². The highest BCUT2D eigenvalue weighted by Crippen LogP contribution is 2.15. The van der Waals surface area contributed by atoms with Crippen LogP contribution in [-0.2, 0) is 56.0 Å². The number of hydrogen-bond acceptors (Lipinski definition) is 12. The van der Waals surface area contributed by atoms with Crippen LogP contribution in [0.1, 0.15) is 70.4 Å². The summed E-state index contributed by atoms with van der Waals surface area (Å²) < 4.78 is 0. The summed E-state index contributed by atoms with van der Waals surface area (Å²) in [6, 6.07) is 2.05. The third kappa shape index (κ3) is 19.9. The van der Waals surface area contributed by atoms with Crippen LogP contribution in [0.15, 0.2) is 48.5 Å². The molecule has 350 valence electrons. The minimum atomic E-state index is -1.88. The molecular weight excluding hydrogens is 841 g/mol. The minimum absolute atomic E-state index is 0.0553. The summed E-state index contributed by atoms with van der Waals surface area (Å²) in [6.45, 7) is 4.78. The summed E-state index contributed by atoms with van der Waals surface area (Å²) in [5.41, 5.74) is 11.7. The number of carboxylic acid groups (broad SMARTS) is 2. The van der Waals surface area contributed by atoms with Crippen LogP contribution < -0.4 is 48.7 Å². The fourth-order valence-corrected chi connectivity index (χ4v) is 6.20. The lowest BCUT2D eigenvalue weighted by Crippen LogP contribution is -2.60. The number of carbonyl (C=O) groups is 9. The Balaban J connectivity index is 2.56. The average molecular weight is 899 g/mol. The summed E-state index contributed by atoms with van der Waals surface area (Å²) >= 11 is 0. The van der Waals surface area contributed by atoms with E-state index in [1.807, 2.05) is 0 Å². The summed E-state index contributed by atoms with van der Waals surface area (Å²) in [4.78, 5) is 116. The van der Waals surface area contributed by atoms with Gasteiger partial charge in [0.15, 0.2) is 5.96 Å². The molecule has 16 N–H and O–H groups in total. The molecule has 64 heavy (non-hydrogen) atoms. The number of aromatic hydroxyl groups is 2. The number of carboxylic acids is 2. The van der Waals surface area contributed by atoms with Gasteiger partial charge < -0.3 is 69.1 Å². The maximum absolute atomic E-state index is 14.3. The van der Waals surface area contributed by atoms with Gasteiger partial charge in [-0.15, -0.1) is 0 Å². The van der Waals surface area contributed by atoms with E-state index in [-0.39, 0.29) is 62.0 Å². The number of nitrogens with one attached hydrogen (secondary N) is 8. The number of hydrogen-bond donors (Lipinski definition) is 14. The number of nitrogens with two attached hydrogens (primary N) is 2. The van der Waals surface area contributed by atoms with Gasteiger partial charge in [0.25, 0.3) is 0 Å². The first-order valence-corrected chi connectivity index (χ1v) is 20.2. The highest BCUT2D eigenvalue weighted by molar-refractivity contribution is 5.98. The maximum Gasteiger partial charge on any atom is 0.305 e. The van der Waals surface area contributed by atoms with Gasteiger partial charge in [0.1, 0.15) is 47.8 Å². The average Bonchev–Trinajstić information content (AvgIpc) is 3.20. The second-order valence-electron chi connectivity index (χ2n) is 15.3. The molecular formula is C41H58N10O13. The van der Waals surface area contributed by atoms with Gasteiger partial charge in [0.2, 0.25) is 41.4 Å². The molecule has 0 radical (unpaired) electrons. The number of phenolic OH excluding ortho intramolecular Hbond substituents is 2. The fourth-order valence-electron chi connectivity index (χ4n) is 6.20. The second-order valence-corrected chi connectivity index (χ2v) is 15.3. The Bertz CT molecular complexity index is 1980. The van der Waals surface area contributed by atoms with Crippen LogP contribution >= 0.6 is 0 Å². The van der Waals surface area contributed by atoms with Crippen molar-refractivity contribution in [2.75, 3.05) is 6.54 Å². The van der Waals surface area contributed by atoms with Crippen LogP contribution in [-0.4, -0.2) is 122 Å². The van der Waals surface area contributed by atoms with E-state index in [0.717, 1.165) is 6.92 Å². The van der Waals surface area contributed by atoms with E-state index < -0.39 is 109 Å². The summed E-state index contributed by atoms with van der Waals surface area (Å²) in [6.07, 6.45) is -2.30. The molecule has 0 heterocycles. The molecule has 0 spiro atoms. The van der Waals surface area contributed by atoms with Gasteiger partial charge in [0, 0.05) is 32.7 Å². The Morgan fingerprint density at radius 1 is 0.578 bits per heavy atom. The number of phenols is 2. The molecule has 0 aliphatic rings. The van der Waals surface area contributed by atoms with E-state index in [4.69, 9.17) is 22.0 Å². The number of carbonyl (C=O) groups excluding carboxylic acids is 7. The molecule has 23 nitrogen and oxygen atoms in total. The fraction of sp³-hybridized carbons (Fsp3) is 0.463. The van der Waals surface area contributed by atoms with E-state index >= 15 is 0 Å². The number of guanidine groups is 1. The lowest BCUT2D eigenvalue weighted by atomic mass is 10.0. The first-order valence-electron chi connectivity index (χ1n) is 20.2. The topological polar surface area (TPSA) is 395 Å². The van der Waals surface area contributed by atoms with Gasteiger partial charge in [-0.25, -0.2) is 0 Å². The van der Waals surface area contributed by atoms with Crippen LogP contribution in [0, 0.1) is 11.3 Å². The quantitative estimate of drug-likeness (QED) is 0.0261. The van der Waals surface area contributed by atoms with Gasteiger partial charge in [-0.1, -0.05) is 38.1 Å². The summed E-state index contributed by atoms with van der Waals surface area (Å²) in [5.74, 6) is -10.1. The molecule has 0 bridgehead atoms. The molecule has 0 fully saturated rings. The third-order valence-electron chi connectivity index (χ3n) is 9.36. The lowest BCUT2D eigenvalue weighted by Gasteiger charge is -2.28. The molecule has 0 saturated heterocycles. The van der Waals surface area contributed by atoms with Crippen molar-refractivity contribution in [1.82, 2.24) is 37.2 Å². The summed E-state index contributed by atoms with van der Waals surface area (Å²) in [5, 5.41) is 63.2. The molecule has 2 rings (SSSR count). The van der Waals surface area contributed by atoms with Crippen molar-refractivity contribution < 1.29 is 63.6 Å². The largest absolute Gasteiger partial charge is 0.508 e. The van der Waals surface area contributed by atoms with Crippen LogP contribution in [0.5, 0.6) is 11.5 Å². The zero-order valence-electron chi connectivity index (χ0n) is 35.6. The minimum Gasteiger partial charge on any atom is -0.508 e. The van der Waals surface area contributed by atoms with Crippen molar-refractivity contribution in [2.45, 2.75) is 108 Å². The van der Waals surface area contributed by atoms with Crippen molar-refractivity contribution in [3.05, 3.63) is 59.7 Å². The summed E-state index contributed by atoms with van der Waals surface area (Å²) in [7, 11) is 0. The van der Waals surface area contributed by atoms with Crippen molar-refractivity contribution >= 4 is 59.2 Å². The van der Waals surface area contributed by atoms with E-state index in [1.54, 1.807) is 13.8 Å². The predicted octanol–water partition coefficient (Wildman–Crippen LogP) is -2.05. The molecule has 0 unspecified atom stereocenters. The van der Waals surface area contributed by atoms with Crippen LogP contribution in [0.2, 0.25) is 0 Å². The Hall–Kier alpha value is -7.46. The molecule has 23 heteroatoms. The van der Waals surface area contributed by atoms with Crippen molar-refractivity contribution in [3.63, 3.8) is 0 Å². The Labute approximate surface area is 368 Å². The van der Waals surface area contributed by atoms with Crippen molar-refractivity contribution in [3.8, 4) is 11.5 Å². The number of benzene rings is 2. The van der Waals surface area contributed by atoms with E-state index in [0.29, 0.717) is 11.1 Å². The number of amides is 7. The molecule has 2 aromatic rings. The van der Waals surface area contributed by atoms with E-state index in [9.17, 15) is 58.5 Å². The maximum atomic E-state index is 14.3. The van der Waals surface area contributed by atoms with Crippen molar-refractivity contribution in [1.29, 1.82) is 5.41 Å². The first kappa shape index (κ1) is 52.7.